The molecular weight excluding hydrogens is 554 g/mol. The van der Waals surface area contributed by atoms with Crippen LogP contribution in [0, 0.1) is 5.92 Å². The molecule has 5 nitrogen and oxygen atoms in total. The third-order valence-corrected chi connectivity index (χ3v) is 9.25. The summed E-state index contributed by atoms with van der Waals surface area (Å²) in [6.07, 6.45) is 21.3. The summed E-state index contributed by atoms with van der Waals surface area (Å²) in [7, 11) is 0. The first-order chi connectivity index (χ1) is 22.2. The molecule has 6 aromatic rings. The number of nitrogens with zero attached hydrogens (tertiary/aromatic N) is 3. The average molecular weight is 586 g/mol. The molecule has 3 aromatic carbocycles. The molecule has 3 heterocycles. The van der Waals surface area contributed by atoms with Crippen molar-refractivity contribution in [2.45, 2.75) is 38.5 Å². The number of fused-ring (bicyclic) bond motifs is 6. The van der Waals surface area contributed by atoms with Crippen LogP contribution in [0.3, 0.4) is 0 Å². The summed E-state index contributed by atoms with van der Waals surface area (Å²) in [6.45, 7) is 2.22. The molecule has 0 bridgehead atoms. The fourth-order valence-corrected chi connectivity index (χ4v) is 6.99. The van der Waals surface area contributed by atoms with Crippen molar-refractivity contribution in [3.05, 3.63) is 132 Å². The third kappa shape index (κ3) is 4.50. The van der Waals surface area contributed by atoms with Crippen molar-refractivity contribution in [3.8, 4) is 11.4 Å². The van der Waals surface area contributed by atoms with Crippen LogP contribution in [-0.2, 0) is 6.42 Å². The molecular formula is C40H31N3O2. The molecule has 0 amide bonds. The van der Waals surface area contributed by atoms with Gasteiger partial charge in [0.25, 0.3) is 0 Å². The Kier molecular flexibility index (Phi) is 6.05. The molecule has 3 aromatic heterocycles. The Balaban J connectivity index is 1.13. The molecule has 45 heavy (non-hydrogen) atoms. The van der Waals surface area contributed by atoms with Crippen LogP contribution in [0.1, 0.15) is 60.6 Å². The number of allylic oxidation sites excluding steroid dienone is 9. The summed E-state index contributed by atoms with van der Waals surface area (Å²) in [5.41, 5.74) is 8.20. The molecule has 0 spiro atoms. The maximum absolute atomic E-state index is 6.37. The standard InChI is InChI=1S/C40H31N3O2/c1-24-17-19-30-31-20-18-28(23-36(31)45-35(30)21-24)40-42-38(25-9-3-2-4-10-25)41-39(43-40)27-12-7-11-26(22-27)29-14-8-16-34-37(29)32-13-5-6-15-33(32)44-34/h3,5-20,23-24,26H,2,4,21-22H2,1H3. The van der Waals surface area contributed by atoms with Crippen LogP contribution in [0.2, 0.25) is 0 Å². The Morgan fingerprint density at radius 1 is 0.733 bits per heavy atom. The largest absolute Gasteiger partial charge is 0.460 e. The summed E-state index contributed by atoms with van der Waals surface area (Å²) in [5, 5.41) is 3.46. The second kappa shape index (κ2) is 10.4. The number of rotatable bonds is 4. The highest BCUT2D eigenvalue weighted by Gasteiger charge is 2.24. The summed E-state index contributed by atoms with van der Waals surface area (Å²) in [4.78, 5) is 15.2. The highest BCUT2D eigenvalue weighted by Crippen LogP contribution is 2.40. The fourth-order valence-electron chi connectivity index (χ4n) is 6.99. The van der Waals surface area contributed by atoms with Gasteiger partial charge in [-0.2, -0.15) is 0 Å². The Labute approximate surface area is 261 Å². The Morgan fingerprint density at radius 2 is 1.62 bits per heavy atom. The minimum Gasteiger partial charge on any atom is -0.460 e. The molecule has 3 aliphatic carbocycles. The van der Waals surface area contributed by atoms with Crippen LogP contribution in [0.4, 0.5) is 0 Å². The quantitative estimate of drug-likeness (QED) is 0.206. The molecule has 2 atom stereocenters. The van der Waals surface area contributed by atoms with Crippen LogP contribution in [0.5, 0.6) is 0 Å². The Bertz CT molecular complexity index is 2310. The first-order valence-electron chi connectivity index (χ1n) is 15.8. The monoisotopic (exact) mass is 585 g/mol. The molecule has 0 fully saturated rings. The van der Waals surface area contributed by atoms with Gasteiger partial charge >= 0.3 is 0 Å². The minimum atomic E-state index is 0.161. The van der Waals surface area contributed by atoms with E-state index in [-0.39, 0.29) is 5.92 Å². The topological polar surface area (TPSA) is 65.0 Å². The van der Waals surface area contributed by atoms with Crippen molar-refractivity contribution in [2.75, 3.05) is 0 Å². The van der Waals surface area contributed by atoms with Gasteiger partial charge in [0.15, 0.2) is 17.5 Å². The zero-order valence-corrected chi connectivity index (χ0v) is 25.0. The lowest BCUT2D eigenvalue weighted by atomic mass is 9.85. The van der Waals surface area contributed by atoms with Crippen molar-refractivity contribution in [1.29, 1.82) is 0 Å². The smallest absolute Gasteiger partial charge is 0.164 e. The highest BCUT2D eigenvalue weighted by atomic mass is 16.3. The maximum Gasteiger partial charge on any atom is 0.164 e. The van der Waals surface area contributed by atoms with Gasteiger partial charge in [0.2, 0.25) is 0 Å². The number of aromatic nitrogens is 3. The SMILES string of the molecule is CC1C=Cc2c(oc3cc(-c4nc(C5=CCCC=C5)nc(C5=CC=CC(c6cccc7oc8ccccc8c67)C5)n4)ccc23)C1. The van der Waals surface area contributed by atoms with Crippen LogP contribution in [0.15, 0.2) is 112 Å². The van der Waals surface area contributed by atoms with Crippen molar-refractivity contribution in [3.63, 3.8) is 0 Å². The molecule has 9 rings (SSSR count). The second-order valence-electron chi connectivity index (χ2n) is 12.3. The molecule has 0 saturated carbocycles. The summed E-state index contributed by atoms with van der Waals surface area (Å²) >= 11 is 0. The first-order valence-corrected chi connectivity index (χ1v) is 15.8. The van der Waals surface area contributed by atoms with E-state index in [9.17, 15) is 0 Å². The van der Waals surface area contributed by atoms with Gasteiger partial charge in [-0.3, -0.25) is 0 Å². The minimum absolute atomic E-state index is 0.161. The molecule has 0 radical (unpaired) electrons. The third-order valence-electron chi connectivity index (χ3n) is 9.25. The zero-order valence-electron chi connectivity index (χ0n) is 25.0. The summed E-state index contributed by atoms with van der Waals surface area (Å²) in [6, 6.07) is 21.0. The van der Waals surface area contributed by atoms with Gasteiger partial charge in [0.05, 0.1) is 0 Å². The van der Waals surface area contributed by atoms with Crippen molar-refractivity contribution in [2.24, 2.45) is 5.92 Å². The predicted molar refractivity (Wildman–Crippen MR) is 181 cm³/mol. The van der Waals surface area contributed by atoms with Crippen LogP contribution in [-0.4, -0.2) is 15.0 Å². The number of para-hydroxylation sites is 1. The van der Waals surface area contributed by atoms with Gasteiger partial charge in [0, 0.05) is 45.2 Å². The predicted octanol–water partition coefficient (Wildman–Crippen LogP) is 10.3. The highest BCUT2D eigenvalue weighted by molar-refractivity contribution is 6.07. The van der Waals surface area contributed by atoms with E-state index in [0.717, 1.165) is 75.7 Å². The van der Waals surface area contributed by atoms with E-state index in [1.807, 2.05) is 12.1 Å². The molecule has 5 heteroatoms. The van der Waals surface area contributed by atoms with E-state index in [1.54, 1.807) is 0 Å². The summed E-state index contributed by atoms with van der Waals surface area (Å²) in [5.74, 6) is 3.76. The van der Waals surface area contributed by atoms with Crippen molar-refractivity contribution < 1.29 is 8.83 Å². The average Bonchev–Trinajstić information content (AvgIpc) is 3.66. The normalized spacial score (nSPS) is 19.3. The van der Waals surface area contributed by atoms with E-state index >= 15 is 0 Å². The lowest BCUT2D eigenvalue weighted by Crippen LogP contribution is -2.08. The molecule has 0 saturated heterocycles. The second-order valence-corrected chi connectivity index (χ2v) is 12.3. The van der Waals surface area contributed by atoms with E-state index < -0.39 is 0 Å². The zero-order chi connectivity index (χ0) is 29.9. The van der Waals surface area contributed by atoms with Crippen molar-refractivity contribution in [1.82, 2.24) is 15.0 Å². The maximum atomic E-state index is 6.37. The van der Waals surface area contributed by atoms with Crippen LogP contribution >= 0.6 is 0 Å². The van der Waals surface area contributed by atoms with Crippen molar-refractivity contribution >= 4 is 50.1 Å². The number of furan rings is 2. The number of hydrogen-bond donors (Lipinski definition) is 0. The Hall–Kier alpha value is -5.29. The molecule has 0 N–H and O–H groups in total. The van der Waals surface area contributed by atoms with Gasteiger partial charge < -0.3 is 8.83 Å². The van der Waals surface area contributed by atoms with E-state index in [4.69, 9.17) is 23.8 Å². The molecule has 2 unspecified atom stereocenters. The lowest BCUT2D eigenvalue weighted by molar-refractivity contribution is 0.513. The molecule has 218 valence electrons. The van der Waals surface area contributed by atoms with E-state index in [1.165, 1.54) is 16.5 Å². The van der Waals surface area contributed by atoms with Crippen LogP contribution in [0.25, 0.3) is 61.5 Å². The van der Waals surface area contributed by atoms with Gasteiger partial charge in [-0.1, -0.05) is 91.9 Å². The van der Waals surface area contributed by atoms with Gasteiger partial charge in [0.1, 0.15) is 22.5 Å². The number of benzene rings is 3. The number of hydrogen-bond acceptors (Lipinski definition) is 5. The van der Waals surface area contributed by atoms with Crippen LogP contribution < -0.4 is 0 Å². The van der Waals surface area contributed by atoms with Gasteiger partial charge in [-0.15, -0.1) is 0 Å². The fraction of sp³-hybridized carbons (Fsp3) is 0.175. The van der Waals surface area contributed by atoms with Gasteiger partial charge in [-0.25, -0.2) is 15.0 Å². The lowest BCUT2D eigenvalue weighted by Gasteiger charge is -2.20. The first kappa shape index (κ1) is 26.1. The Morgan fingerprint density at radius 3 is 2.56 bits per heavy atom. The van der Waals surface area contributed by atoms with Gasteiger partial charge in [-0.05, 0) is 60.6 Å². The molecule has 3 aliphatic rings. The summed E-state index contributed by atoms with van der Waals surface area (Å²) < 4.78 is 12.6. The molecule has 0 aliphatic heterocycles. The van der Waals surface area contributed by atoms with E-state index in [0.29, 0.717) is 23.4 Å². The van der Waals surface area contributed by atoms with E-state index in [2.05, 4.69) is 104 Å².